The quantitative estimate of drug-likeness (QED) is 0.945. The van der Waals surface area contributed by atoms with Crippen LogP contribution < -0.4 is 10.2 Å². The zero-order valence-corrected chi connectivity index (χ0v) is 12.8. The molecule has 2 aromatic heterocycles. The van der Waals surface area contributed by atoms with Gasteiger partial charge in [-0.25, -0.2) is 9.97 Å². The lowest BCUT2D eigenvalue weighted by atomic mass is 10.1. The van der Waals surface area contributed by atoms with Crippen LogP contribution in [0.15, 0.2) is 29.9 Å². The van der Waals surface area contributed by atoms with Crippen molar-refractivity contribution in [3.05, 3.63) is 40.3 Å². The standard InChI is InChI=1S/C15H18N4OS/c1-11-5-9-21-13(11)14(20)18-12-4-2-8-19(10-12)15-16-6-3-7-17-15/h3,5-7,9,12H,2,4,8,10H2,1H3,(H,18,20)/t12-/m1/s1. The van der Waals surface area contributed by atoms with Gasteiger partial charge in [-0.15, -0.1) is 11.3 Å². The zero-order valence-electron chi connectivity index (χ0n) is 12.0. The van der Waals surface area contributed by atoms with Gasteiger partial charge in [-0.3, -0.25) is 4.79 Å². The van der Waals surface area contributed by atoms with E-state index in [2.05, 4.69) is 20.2 Å². The Hall–Kier alpha value is -1.95. The largest absolute Gasteiger partial charge is 0.347 e. The van der Waals surface area contributed by atoms with Crippen molar-refractivity contribution >= 4 is 23.2 Å². The number of nitrogens with one attached hydrogen (secondary N) is 1. The van der Waals surface area contributed by atoms with Crippen molar-refractivity contribution < 1.29 is 4.79 Å². The third-order valence-electron chi connectivity index (χ3n) is 3.66. The van der Waals surface area contributed by atoms with E-state index in [0.29, 0.717) is 0 Å². The summed E-state index contributed by atoms with van der Waals surface area (Å²) in [5.74, 6) is 0.770. The van der Waals surface area contributed by atoms with Gasteiger partial charge < -0.3 is 10.2 Å². The molecule has 1 aliphatic heterocycles. The molecule has 1 saturated heterocycles. The predicted octanol–water partition coefficient (Wildman–Crippen LogP) is 2.25. The number of rotatable bonds is 3. The molecule has 1 amide bonds. The number of thiophene rings is 1. The first-order chi connectivity index (χ1) is 10.2. The Morgan fingerprint density at radius 1 is 1.43 bits per heavy atom. The Bertz CT molecular complexity index is 613. The molecule has 3 rings (SSSR count). The van der Waals surface area contributed by atoms with E-state index in [4.69, 9.17) is 0 Å². The van der Waals surface area contributed by atoms with Crippen LogP contribution in [-0.2, 0) is 0 Å². The minimum atomic E-state index is 0.0309. The average Bonchev–Trinajstić information content (AvgIpc) is 2.95. The van der Waals surface area contributed by atoms with Gasteiger partial charge in [0.25, 0.3) is 5.91 Å². The number of hydrogen-bond donors (Lipinski definition) is 1. The third kappa shape index (κ3) is 3.21. The fourth-order valence-corrected chi connectivity index (χ4v) is 3.42. The maximum Gasteiger partial charge on any atom is 0.261 e. The monoisotopic (exact) mass is 302 g/mol. The number of piperidine rings is 1. The van der Waals surface area contributed by atoms with E-state index >= 15 is 0 Å². The zero-order chi connectivity index (χ0) is 14.7. The summed E-state index contributed by atoms with van der Waals surface area (Å²) in [7, 11) is 0. The average molecular weight is 302 g/mol. The molecule has 1 atom stereocenters. The van der Waals surface area contributed by atoms with Crippen LogP contribution >= 0.6 is 11.3 Å². The number of aromatic nitrogens is 2. The summed E-state index contributed by atoms with van der Waals surface area (Å²) in [6, 6.07) is 3.94. The lowest BCUT2D eigenvalue weighted by molar-refractivity contribution is 0.0936. The molecule has 3 heterocycles. The van der Waals surface area contributed by atoms with Crippen LogP contribution in [0.5, 0.6) is 0 Å². The van der Waals surface area contributed by atoms with Crippen molar-refractivity contribution in [2.75, 3.05) is 18.0 Å². The highest BCUT2D eigenvalue weighted by molar-refractivity contribution is 7.12. The molecule has 0 unspecified atom stereocenters. The van der Waals surface area contributed by atoms with Crippen molar-refractivity contribution in [1.82, 2.24) is 15.3 Å². The van der Waals surface area contributed by atoms with Crippen LogP contribution in [0.4, 0.5) is 5.95 Å². The van der Waals surface area contributed by atoms with Crippen molar-refractivity contribution in [3.8, 4) is 0 Å². The molecule has 21 heavy (non-hydrogen) atoms. The molecule has 2 aromatic rings. The molecule has 0 spiro atoms. The van der Waals surface area contributed by atoms with Gasteiger partial charge in [0, 0.05) is 31.5 Å². The summed E-state index contributed by atoms with van der Waals surface area (Å²) in [5, 5.41) is 5.09. The van der Waals surface area contributed by atoms with E-state index in [0.717, 1.165) is 42.3 Å². The fraction of sp³-hybridized carbons (Fsp3) is 0.400. The number of carbonyl (C=O) groups excluding carboxylic acids is 1. The summed E-state index contributed by atoms with van der Waals surface area (Å²) in [5.41, 5.74) is 1.04. The first kappa shape index (κ1) is 14.0. The third-order valence-corrected chi connectivity index (χ3v) is 4.68. The molecule has 1 aliphatic rings. The first-order valence-electron chi connectivity index (χ1n) is 7.11. The van der Waals surface area contributed by atoms with Crippen molar-refractivity contribution in [2.45, 2.75) is 25.8 Å². The molecule has 5 nitrogen and oxygen atoms in total. The van der Waals surface area contributed by atoms with Crippen LogP contribution in [-0.4, -0.2) is 35.0 Å². The highest BCUT2D eigenvalue weighted by atomic mass is 32.1. The second-order valence-corrected chi connectivity index (χ2v) is 6.16. The Labute approximate surface area is 128 Å². The van der Waals surface area contributed by atoms with Crippen molar-refractivity contribution in [2.24, 2.45) is 0 Å². The molecule has 1 fully saturated rings. The smallest absolute Gasteiger partial charge is 0.261 e. The minimum Gasteiger partial charge on any atom is -0.347 e. The summed E-state index contributed by atoms with van der Waals surface area (Å²) in [4.78, 5) is 23.8. The van der Waals surface area contributed by atoms with Crippen LogP contribution in [0.25, 0.3) is 0 Å². The van der Waals surface area contributed by atoms with Crippen LogP contribution in [0.2, 0.25) is 0 Å². The van der Waals surface area contributed by atoms with E-state index in [-0.39, 0.29) is 11.9 Å². The van der Waals surface area contributed by atoms with Gasteiger partial charge in [0.15, 0.2) is 0 Å². The van der Waals surface area contributed by atoms with E-state index in [1.54, 1.807) is 12.4 Å². The molecule has 0 radical (unpaired) electrons. The normalized spacial score (nSPS) is 18.5. The van der Waals surface area contributed by atoms with Crippen LogP contribution in [0.3, 0.4) is 0 Å². The van der Waals surface area contributed by atoms with Gasteiger partial charge in [0.1, 0.15) is 0 Å². The molecule has 1 N–H and O–H groups in total. The molecule has 0 saturated carbocycles. The Kier molecular flexibility index (Phi) is 4.15. The minimum absolute atomic E-state index is 0.0309. The molecular formula is C15H18N4OS. The topological polar surface area (TPSA) is 58.1 Å². The molecule has 0 aliphatic carbocycles. The van der Waals surface area contributed by atoms with Crippen molar-refractivity contribution in [1.29, 1.82) is 0 Å². The van der Waals surface area contributed by atoms with Crippen LogP contribution in [0.1, 0.15) is 28.1 Å². The van der Waals surface area contributed by atoms with Crippen molar-refractivity contribution in [3.63, 3.8) is 0 Å². The highest BCUT2D eigenvalue weighted by Crippen LogP contribution is 2.18. The molecule has 6 heteroatoms. The van der Waals surface area contributed by atoms with Gasteiger partial charge in [0.2, 0.25) is 5.95 Å². The molecule has 0 aromatic carbocycles. The number of nitrogens with zero attached hydrogens (tertiary/aromatic N) is 3. The number of carbonyl (C=O) groups is 1. The summed E-state index contributed by atoms with van der Waals surface area (Å²) in [6.45, 7) is 3.67. The second-order valence-electron chi connectivity index (χ2n) is 5.24. The maximum absolute atomic E-state index is 12.3. The first-order valence-corrected chi connectivity index (χ1v) is 7.99. The molecule has 110 valence electrons. The lowest BCUT2D eigenvalue weighted by Gasteiger charge is -2.33. The number of aryl methyl sites for hydroxylation is 1. The summed E-state index contributed by atoms with van der Waals surface area (Å²) >= 11 is 1.49. The van der Waals surface area contributed by atoms with Gasteiger partial charge >= 0.3 is 0 Å². The van der Waals surface area contributed by atoms with E-state index in [9.17, 15) is 4.79 Å². The molecule has 0 bridgehead atoms. The SMILES string of the molecule is Cc1ccsc1C(=O)N[C@@H]1CCCN(c2ncccn2)C1. The number of amides is 1. The van der Waals surface area contributed by atoms with E-state index < -0.39 is 0 Å². The summed E-state index contributed by atoms with van der Waals surface area (Å²) in [6.07, 6.45) is 5.53. The maximum atomic E-state index is 12.3. The Balaban J connectivity index is 1.64. The van der Waals surface area contributed by atoms with Gasteiger partial charge in [-0.1, -0.05) is 0 Å². The van der Waals surface area contributed by atoms with Gasteiger partial charge in [-0.2, -0.15) is 0 Å². The highest BCUT2D eigenvalue weighted by Gasteiger charge is 2.24. The summed E-state index contributed by atoms with van der Waals surface area (Å²) < 4.78 is 0. The van der Waals surface area contributed by atoms with Gasteiger partial charge in [-0.05, 0) is 42.8 Å². The number of hydrogen-bond acceptors (Lipinski definition) is 5. The second kappa shape index (κ2) is 6.22. The lowest BCUT2D eigenvalue weighted by Crippen LogP contribution is -2.48. The van der Waals surface area contributed by atoms with E-state index in [1.807, 2.05) is 24.4 Å². The van der Waals surface area contributed by atoms with Gasteiger partial charge in [0.05, 0.1) is 4.88 Å². The fourth-order valence-electron chi connectivity index (χ4n) is 2.59. The van der Waals surface area contributed by atoms with Crippen LogP contribution in [0, 0.1) is 6.92 Å². The Morgan fingerprint density at radius 2 is 2.24 bits per heavy atom. The molecular weight excluding hydrogens is 284 g/mol. The van der Waals surface area contributed by atoms with E-state index in [1.165, 1.54) is 11.3 Å². The number of anilines is 1. The Morgan fingerprint density at radius 3 is 2.95 bits per heavy atom. The predicted molar refractivity (Wildman–Crippen MR) is 83.8 cm³/mol.